The van der Waals surface area contributed by atoms with Crippen LogP contribution in [0.1, 0.15) is 26.3 Å². The molecule has 0 aliphatic carbocycles. The molecule has 1 heterocycles. The van der Waals surface area contributed by atoms with Gasteiger partial charge in [0, 0.05) is 0 Å². The van der Waals surface area contributed by atoms with Crippen molar-refractivity contribution in [2.75, 3.05) is 0 Å². The minimum absolute atomic E-state index is 0.0582. The summed E-state index contributed by atoms with van der Waals surface area (Å²) in [6, 6.07) is 27.1. The molecule has 0 fully saturated rings. The lowest BCUT2D eigenvalue weighted by Crippen LogP contribution is -2.41. The number of para-hydroxylation sites is 1. The summed E-state index contributed by atoms with van der Waals surface area (Å²) < 4.78 is 8.31. The molecule has 0 bridgehead atoms. The van der Waals surface area contributed by atoms with Crippen molar-refractivity contribution in [1.82, 2.24) is 9.13 Å². The average molecular weight is 455 g/mol. The molecule has 34 heavy (non-hydrogen) atoms. The van der Waals surface area contributed by atoms with E-state index in [-0.39, 0.29) is 18.0 Å². The van der Waals surface area contributed by atoms with Gasteiger partial charge in [-0.1, -0.05) is 78.9 Å². The van der Waals surface area contributed by atoms with E-state index in [1.54, 1.807) is 69.3 Å². The lowest BCUT2D eigenvalue weighted by molar-refractivity contribution is -0.143. The highest BCUT2D eigenvalue weighted by atomic mass is 16.5. The van der Waals surface area contributed by atoms with Crippen LogP contribution in [-0.2, 0) is 11.3 Å². The van der Waals surface area contributed by atoms with Crippen molar-refractivity contribution in [3.8, 4) is 22.7 Å². The first-order valence-electron chi connectivity index (χ1n) is 11.0. The lowest BCUT2D eigenvalue weighted by atomic mass is 9.97. The standard InChI is InChI=1S/C28H26N2O4/c1-28(2,3)26(32)34-25-23(21-15-9-5-10-16-21)24(31)30(22-17-11-6-12-18-22)27(33)29(25)19-20-13-7-4-8-14-20/h4-18H,19H2,1-3H3. The van der Waals surface area contributed by atoms with Gasteiger partial charge < -0.3 is 4.74 Å². The average Bonchev–Trinajstić information content (AvgIpc) is 2.83. The van der Waals surface area contributed by atoms with E-state index in [9.17, 15) is 14.4 Å². The quantitative estimate of drug-likeness (QED) is 0.411. The molecule has 6 nitrogen and oxygen atoms in total. The third-order valence-electron chi connectivity index (χ3n) is 5.36. The van der Waals surface area contributed by atoms with E-state index >= 15 is 0 Å². The Hall–Kier alpha value is -4.19. The largest absolute Gasteiger partial charge is 0.408 e. The molecule has 0 aliphatic heterocycles. The van der Waals surface area contributed by atoms with Gasteiger partial charge >= 0.3 is 11.7 Å². The van der Waals surface area contributed by atoms with Crippen LogP contribution in [0.3, 0.4) is 0 Å². The van der Waals surface area contributed by atoms with Gasteiger partial charge in [0.1, 0.15) is 5.56 Å². The first kappa shape index (κ1) is 23.0. The van der Waals surface area contributed by atoms with Crippen molar-refractivity contribution in [3.05, 3.63) is 117 Å². The Bertz CT molecular complexity index is 1420. The molecule has 0 N–H and O–H groups in total. The van der Waals surface area contributed by atoms with E-state index in [0.29, 0.717) is 11.3 Å². The van der Waals surface area contributed by atoms with E-state index in [1.165, 1.54) is 4.57 Å². The highest BCUT2D eigenvalue weighted by molar-refractivity contribution is 5.80. The highest BCUT2D eigenvalue weighted by Gasteiger charge is 2.29. The van der Waals surface area contributed by atoms with Crippen LogP contribution in [0, 0.1) is 5.41 Å². The maximum Gasteiger partial charge on any atom is 0.338 e. The second kappa shape index (κ2) is 9.35. The van der Waals surface area contributed by atoms with Gasteiger partial charge in [-0.2, -0.15) is 0 Å². The maximum absolute atomic E-state index is 13.8. The number of hydrogen-bond acceptors (Lipinski definition) is 4. The van der Waals surface area contributed by atoms with Crippen LogP contribution in [0.4, 0.5) is 0 Å². The third-order valence-corrected chi connectivity index (χ3v) is 5.36. The van der Waals surface area contributed by atoms with Gasteiger partial charge in [0.15, 0.2) is 0 Å². The Morgan fingerprint density at radius 3 is 1.88 bits per heavy atom. The van der Waals surface area contributed by atoms with Gasteiger partial charge in [0.25, 0.3) is 5.56 Å². The van der Waals surface area contributed by atoms with Crippen molar-refractivity contribution in [2.24, 2.45) is 5.41 Å². The molecule has 0 spiro atoms. The summed E-state index contributed by atoms with van der Waals surface area (Å²) in [7, 11) is 0. The van der Waals surface area contributed by atoms with Crippen molar-refractivity contribution in [1.29, 1.82) is 0 Å². The van der Waals surface area contributed by atoms with Crippen molar-refractivity contribution >= 4 is 5.97 Å². The maximum atomic E-state index is 13.8. The van der Waals surface area contributed by atoms with E-state index in [2.05, 4.69) is 0 Å². The molecule has 4 aromatic rings. The summed E-state index contributed by atoms with van der Waals surface area (Å²) in [5.74, 6) is -0.597. The molecule has 0 radical (unpaired) electrons. The minimum Gasteiger partial charge on any atom is -0.408 e. The molecule has 172 valence electrons. The monoisotopic (exact) mass is 454 g/mol. The molecule has 0 saturated carbocycles. The second-order valence-electron chi connectivity index (χ2n) is 9.02. The second-order valence-corrected chi connectivity index (χ2v) is 9.02. The fraction of sp³-hybridized carbons (Fsp3) is 0.179. The molecule has 0 aliphatic rings. The lowest BCUT2D eigenvalue weighted by Gasteiger charge is -2.22. The number of carbonyl (C=O) groups excluding carboxylic acids is 1. The summed E-state index contributed by atoms with van der Waals surface area (Å²) >= 11 is 0. The van der Waals surface area contributed by atoms with E-state index < -0.39 is 22.6 Å². The fourth-order valence-corrected chi connectivity index (χ4v) is 3.54. The Morgan fingerprint density at radius 1 is 0.794 bits per heavy atom. The number of rotatable bonds is 5. The van der Waals surface area contributed by atoms with E-state index in [0.717, 1.165) is 10.1 Å². The smallest absolute Gasteiger partial charge is 0.338 e. The van der Waals surface area contributed by atoms with Crippen LogP contribution in [-0.4, -0.2) is 15.1 Å². The Balaban J connectivity index is 2.09. The van der Waals surface area contributed by atoms with Crippen LogP contribution < -0.4 is 16.0 Å². The number of carbonyl (C=O) groups is 1. The van der Waals surface area contributed by atoms with Gasteiger partial charge in [0.2, 0.25) is 5.88 Å². The molecule has 4 rings (SSSR count). The van der Waals surface area contributed by atoms with Gasteiger partial charge in [-0.25, -0.2) is 9.36 Å². The summed E-state index contributed by atoms with van der Waals surface area (Å²) in [6.45, 7) is 5.30. The zero-order valence-corrected chi connectivity index (χ0v) is 19.4. The first-order chi connectivity index (χ1) is 16.3. The van der Waals surface area contributed by atoms with Crippen molar-refractivity contribution in [3.63, 3.8) is 0 Å². The molecule has 0 amide bonds. The molecule has 1 aromatic heterocycles. The van der Waals surface area contributed by atoms with Gasteiger partial charge in [-0.15, -0.1) is 0 Å². The van der Waals surface area contributed by atoms with E-state index in [1.807, 2.05) is 42.5 Å². The number of hydrogen-bond donors (Lipinski definition) is 0. The summed E-state index contributed by atoms with van der Waals surface area (Å²) in [5.41, 5.74) is -0.0103. The number of aromatic nitrogens is 2. The number of ether oxygens (including phenoxy) is 1. The molecule has 0 unspecified atom stereocenters. The zero-order valence-electron chi connectivity index (χ0n) is 19.4. The third kappa shape index (κ3) is 4.62. The SMILES string of the molecule is CC(C)(C)C(=O)Oc1c(-c2ccccc2)c(=O)n(-c2ccccc2)c(=O)n1Cc1ccccc1. The highest BCUT2D eigenvalue weighted by Crippen LogP contribution is 2.29. The fourth-order valence-electron chi connectivity index (χ4n) is 3.54. The van der Waals surface area contributed by atoms with Crippen molar-refractivity contribution in [2.45, 2.75) is 27.3 Å². The predicted molar refractivity (Wildman–Crippen MR) is 132 cm³/mol. The number of benzene rings is 3. The molecule has 3 aromatic carbocycles. The molecule has 0 saturated heterocycles. The van der Waals surface area contributed by atoms with Crippen LogP contribution in [0.5, 0.6) is 5.88 Å². The minimum atomic E-state index is -0.837. The van der Waals surface area contributed by atoms with Gasteiger partial charge in [0.05, 0.1) is 17.6 Å². The summed E-state index contributed by atoms with van der Waals surface area (Å²) in [5, 5.41) is 0. The number of esters is 1. The van der Waals surface area contributed by atoms with Crippen LogP contribution in [0.2, 0.25) is 0 Å². The summed E-state index contributed by atoms with van der Waals surface area (Å²) in [4.78, 5) is 40.5. The Morgan fingerprint density at radius 2 is 1.32 bits per heavy atom. The van der Waals surface area contributed by atoms with E-state index in [4.69, 9.17) is 4.74 Å². The predicted octanol–water partition coefficient (Wildman–Crippen LogP) is 4.67. The van der Waals surface area contributed by atoms with Crippen LogP contribution in [0.15, 0.2) is 101 Å². The normalized spacial score (nSPS) is 11.3. The molecule has 0 atom stereocenters. The molecular formula is C28H26N2O4. The Labute approximate surface area is 197 Å². The topological polar surface area (TPSA) is 70.3 Å². The van der Waals surface area contributed by atoms with Gasteiger partial charge in [-0.05, 0) is 44.0 Å². The molecule has 6 heteroatoms. The van der Waals surface area contributed by atoms with Crippen LogP contribution >= 0.6 is 0 Å². The zero-order chi connectivity index (χ0) is 24.3. The van der Waals surface area contributed by atoms with Crippen LogP contribution in [0.25, 0.3) is 16.8 Å². The molecular weight excluding hydrogens is 428 g/mol. The van der Waals surface area contributed by atoms with Crippen molar-refractivity contribution < 1.29 is 9.53 Å². The number of nitrogens with zero attached hydrogens (tertiary/aromatic N) is 2. The summed E-state index contributed by atoms with van der Waals surface area (Å²) in [6.07, 6.45) is 0. The first-order valence-corrected chi connectivity index (χ1v) is 11.0. The van der Waals surface area contributed by atoms with Gasteiger partial charge in [-0.3, -0.25) is 14.2 Å². The Kier molecular flexibility index (Phi) is 6.32.